The van der Waals surface area contributed by atoms with Gasteiger partial charge in [0.25, 0.3) is 0 Å². The van der Waals surface area contributed by atoms with Gasteiger partial charge in [-0.2, -0.15) is 11.3 Å². The number of thiophene rings is 1. The third-order valence-electron chi connectivity index (χ3n) is 1.96. The molecule has 2 aromatic heterocycles. The Kier molecular flexibility index (Phi) is 2.16. The van der Waals surface area contributed by atoms with Crippen molar-refractivity contribution in [1.82, 2.24) is 9.55 Å². The van der Waals surface area contributed by atoms with E-state index in [4.69, 9.17) is 0 Å². The van der Waals surface area contributed by atoms with Crippen LogP contribution >= 0.6 is 11.3 Å². The fourth-order valence-corrected chi connectivity index (χ4v) is 1.90. The lowest BCUT2D eigenvalue weighted by atomic mass is 10.2. The number of nitrogens with zero attached hydrogens (tertiary/aromatic N) is 2. The Bertz CT molecular complexity index is 380. The highest BCUT2D eigenvalue weighted by atomic mass is 32.1. The van der Waals surface area contributed by atoms with Gasteiger partial charge >= 0.3 is 0 Å². The zero-order chi connectivity index (χ0) is 9.26. The minimum absolute atomic E-state index is 0.605. The van der Waals surface area contributed by atoms with Gasteiger partial charge in [0, 0.05) is 19.4 Å². The molecule has 68 valence electrons. The fourth-order valence-electron chi connectivity index (χ4n) is 1.22. The van der Waals surface area contributed by atoms with Crippen LogP contribution in [0.3, 0.4) is 0 Å². The van der Waals surface area contributed by atoms with Crippen LogP contribution in [0.25, 0.3) is 0 Å². The van der Waals surface area contributed by atoms with E-state index < -0.39 is 6.10 Å². The summed E-state index contributed by atoms with van der Waals surface area (Å²) in [4.78, 5) is 4.09. The molecule has 2 heterocycles. The fraction of sp³-hybridized carbons (Fsp3) is 0.222. The number of aliphatic hydroxyl groups excluding tert-OH is 1. The van der Waals surface area contributed by atoms with Crippen molar-refractivity contribution in [2.45, 2.75) is 6.10 Å². The summed E-state index contributed by atoms with van der Waals surface area (Å²) in [7, 11) is 1.87. The Morgan fingerprint density at radius 1 is 1.62 bits per heavy atom. The van der Waals surface area contributed by atoms with Crippen molar-refractivity contribution < 1.29 is 5.11 Å². The average molecular weight is 194 g/mol. The number of aryl methyl sites for hydroxylation is 1. The summed E-state index contributed by atoms with van der Waals surface area (Å²) in [6.45, 7) is 0. The summed E-state index contributed by atoms with van der Waals surface area (Å²) >= 11 is 1.57. The quantitative estimate of drug-likeness (QED) is 0.788. The maximum absolute atomic E-state index is 9.87. The zero-order valence-electron chi connectivity index (χ0n) is 7.21. The zero-order valence-corrected chi connectivity index (χ0v) is 8.03. The number of hydrogen-bond donors (Lipinski definition) is 1. The van der Waals surface area contributed by atoms with Gasteiger partial charge in [-0.15, -0.1) is 0 Å². The predicted octanol–water partition coefficient (Wildman–Crippen LogP) is 1.56. The summed E-state index contributed by atoms with van der Waals surface area (Å²) in [5.74, 6) is 0.679. The van der Waals surface area contributed by atoms with Gasteiger partial charge in [0.2, 0.25) is 0 Å². The van der Waals surface area contributed by atoms with E-state index in [0.29, 0.717) is 5.82 Å². The lowest BCUT2D eigenvalue weighted by molar-refractivity contribution is 0.207. The number of aromatic nitrogens is 2. The minimum Gasteiger partial charge on any atom is -0.380 e. The molecule has 2 aromatic rings. The highest BCUT2D eigenvalue weighted by Crippen LogP contribution is 2.21. The summed E-state index contributed by atoms with van der Waals surface area (Å²) in [6, 6.07) is 1.91. The van der Waals surface area contributed by atoms with Crippen LogP contribution < -0.4 is 0 Å². The first-order chi connectivity index (χ1) is 6.29. The largest absolute Gasteiger partial charge is 0.380 e. The first kappa shape index (κ1) is 8.47. The maximum Gasteiger partial charge on any atom is 0.142 e. The lowest BCUT2D eigenvalue weighted by Gasteiger charge is -2.07. The molecule has 0 aliphatic rings. The van der Waals surface area contributed by atoms with Crippen molar-refractivity contribution >= 4 is 11.3 Å². The van der Waals surface area contributed by atoms with Crippen LogP contribution in [0.5, 0.6) is 0 Å². The molecule has 13 heavy (non-hydrogen) atoms. The summed E-state index contributed by atoms with van der Waals surface area (Å²) in [5, 5.41) is 13.7. The van der Waals surface area contributed by atoms with E-state index in [9.17, 15) is 5.11 Å². The molecule has 1 N–H and O–H groups in total. The monoisotopic (exact) mass is 194 g/mol. The van der Waals surface area contributed by atoms with E-state index in [1.807, 2.05) is 34.6 Å². The van der Waals surface area contributed by atoms with Gasteiger partial charge in [-0.25, -0.2) is 4.98 Å². The lowest BCUT2D eigenvalue weighted by Crippen LogP contribution is -2.05. The molecule has 0 aromatic carbocycles. The number of hydrogen-bond acceptors (Lipinski definition) is 3. The molecule has 1 atom stereocenters. The Hall–Kier alpha value is -1.13. The van der Waals surface area contributed by atoms with Crippen molar-refractivity contribution in [3.05, 3.63) is 40.6 Å². The summed E-state index contributed by atoms with van der Waals surface area (Å²) in [5.41, 5.74) is 0.902. The summed E-state index contributed by atoms with van der Waals surface area (Å²) in [6.07, 6.45) is 2.90. The van der Waals surface area contributed by atoms with Gasteiger partial charge in [0.15, 0.2) is 0 Å². The molecule has 0 aliphatic carbocycles. The standard InChI is InChI=1S/C9H10N2OS/c1-11-4-3-10-9(11)8(12)7-2-5-13-6-7/h2-6,8,12H,1H3. The molecule has 0 bridgehead atoms. The molecular formula is C9H10N2OS. The third-order valence-corrected chi connectivity index (χ3v) is 2.66. The highest BCUT2D eigenvalue weighted by Gasteiger charge is 2.14. The van der Waals surface area contributed by atoms with Gasteiger partial charge in [0.05, 0.1) is 0 Å². The Morgan fingerprint density at radius 2 is 2.46 bits per heavy atom. The third kappa shape index (κ3) is 1.50. The average Bonchev–Trinajstić information content (AvgIpc) is 2.72. The second kappa shape index (κ2) is 3.32. The second-order valence-electron chi connectivity index (χ2n) is 2.86. The molecule has 0 saturated heterocycles. The molecule has 0 fully saturated rings. The Labute approximate surface area is 80.3 Å². The topological polar surface area (TPSA) is 38.0 Å². The van der Waals surface area contributed by atoms with Gasteiger partial charge < -0.3 is 9.67 Å². The van der Waals surface area contributed by atoms with Crippen molar-refractivity contribution in [3.8, 4) is 0 Å². The Balaban J connectivity index is 2.33. The van der Waals surface area contributed by atoms with Crippen molar-refractivity contribution in [2.24, 2.45) is 7.05 Å². The van der Waals surface area contributed by atoms with Crippen molar-refractivity contribution in [2.75, 3.05) is 0 Å². The number of aliphatic hydroxyl groups is 1. The molecule has 0 aliphatic heterocycles. The first-order valence-electron chi connectivity index (χ1n) is 3.96. The van der Waals surface area contributed by atoms with E-state index >= 15 is 0 Å². The van der Waals surface area contributed by atoms with Crippen LogP contribution in [0.4, 0.5) is 0 Å². The van der Waals surface area contributed by atoms with Gasteiger partial charge in [-0.1, -0.05) is 0 Å². The van der Waals surface area contributed by atoms with Crippen LogP contribution in [0, 0.1) is 0 Å². The van der Waals surface area contributed by atoms with Crippen molar-refractivity contribution in [3.63, 3.8) is 0 Å². The molecule has 0 amide bonds. The maximum atomic E-state index is 9.87. The molecule has 1 unspecified atom stereocenters. The van der Waals surface area contributed by atoms with Crippen LogP contribution in [0.15, 0.2) is 29.2 Å². The van der Waals surface area contributed by atoms with Crippen LogP contribution in [0.1, 0.15) is 17.5 Å². The van der Waals surface area contributed by atoms with Crippen LogP contribution in [0.2, 0.25) is 0 Å². The van der Waals surface area contributed by atoms with Gasteiger partial charge in [-0.3, -0.25) is 0 Å². The van der Waals surface area contributed by atoms with Gasteiger partial charge in [0.1, 0.15) is 11.9 Å². The molecule has 2 rings (SSSR count). The van der Waals surface area contributed by atoms with E-state index in [2.05, 4.69) is 4.98 Å². The van der Waals surface area contributed by atoms with E-state index in [-0.39, 0.29) is 0 Å². The SMILES string of the molecule is Cn1ccnc1C(O)c1ccsc1. The number of imidazole rings is 1. The van der Waals surface area contributed by atoms with E-state index in [1.165, 1.54) is 0 Å². The molecular weight excluding hydrogens is 184 g/mol. The predicted molar refractivity (Wildman–Crippen MR) is 51.6 cm³/mol. The smallest absolute Gasteiger partial charge is 0.142 e. The number of rotatable bonds is 2. The minimum atomic E-state index is -0.605. The molecule has 0 saturated carbocycles. The summed E-state index contributed by atoms with van der Waals surface area (Å²) < 4.78 is 1.82. The van der Waals surface area contributed by atoms with E-state index in [1.54, 1.807) is 17.5 Å². The van der Waals surface area contributed by atoms with Gasteiger partial charge in [-0.05, 0) is 22.4 Å². The van der Waals surface area contributed by atoms with Crippen LogP contribution in [-0.4, -0.2) is 14.7 Å². The molecule has 0 radical (unpaired) electrons. The molecule has 0 spiro atoms. The normalized spacial score (nSPS) is 13.1. The molecule has 3 nitrogen and oxygen atoms in total. The highest BCUT2D eigenvalue weighted by molar-refractivity contribution is 7.07. The van der Waals surface area contributed by atoms with E-state index in [0.717, 1.165) is 5.56 Å². The Morgan fingerprint density at radius 3 is 3.00 bits per heavy atom. The molecule has 4 heteroatoms. The second-order valence-corrected chi connectivity index (χ2v) is 3.64. The van der Waals surface area contributed by atoms with Crippen molar-refractivity contribution in [1.29, 1.82) is 0 Å². The van der Waals surface area contributed by atoms with Crippen LogP contribution in [-0.2, 0) is 7.05 Å². The first-order valence-corrected chi connectivity index (χ1v) is 4.90.